The van der Waals surface area contributed by atoms with Gasteiger partial charge in [0.25, 0.3) is 5.91 Å². The summed E-state index contributed by atoms with van der Waals surface area (Å²) >= 11 is 1.37. The standard InChI is InChI=1S/C20H26N4O2S/c1-13-6-4-7-14(2)24(13)12-18(25)22-17-9-5-8-16(15(17)3)19(26)23-20-21-10-11-27-20/h5,8-11,13-14H,4,6-7,12H2,1-3H3,(H,22,25)(H,21,23,26)/t13-,14+. The number of carbonyl (C=O) groups is 2. The number of anilines is 2. The number of hydrogen-bond donors (Lipinski definition) is 2. The van der Waals surface area contributed by atoms with Crippen molar-refractivity contribution in [3.8, 4) is 0 Å². The molecule has 2 heterocycles. The van der Waals surface area contributed by atoms with Crippen LogP contribution in [0.2, 0.25) is 0 Å². The molecule has 0 radical (unpaired) electrons. The summed E-state index contributed by atoms with van der Waals surface area (Å²) < 4.78 is 0. The first-order valence-electron chi connectivity index (χ1n) is 9.31. The highest BCUT2D eigenvalue weighted by Gasteiger charge is 2.26. The van der Waals surface area contributed by atoms with Crippen molar-refractivity contribution in [2.24, 2.45) is 0 Å². The Balaban J connectivity index is 1.68. The fraction of sp³-hybridized carbons (Fsp3) is 0.450. The highest BCUT2D eigenvalue weighted by molar-refractivity contribution is 7.13. The number of likely N-dealkylation sites (tertiary alicyclic amines) is 1. The van der Waals surface area contributed by atoms with Crippen LogP contribution in [0.3, 0.4) is 0 Å². The zero-order valence-corrected chi connectivity index (χ0v) is 16.8. The molecule has 1 aliphatic heterocycles. The average molecular weight is 387 g/mol. The first-order valence-corrected chi connectivity index (χ1v) is 10.2. The van der Waals surface area contributed by atoms with Crippen molar-refractivity contribution < 1.29 is 9.59 Å². The molecule has 27 heavy (non-hydrogen) atoms. The van der Waals surface area contributed by atoms with E-state index in [2.05, 4.69) is 34.4 Å². The van der Waals surface area contributed by atoms with Gasteiger partial charge in [-0.25, -0.2) is 4.98 Å². The van der Waals surface area contributed by atoms with Crippen LogP contribution in [0.15, 0.2) is 29.8 Å². The molecule has 1 aliphatic rings. The fourth-order valence-electron chi connectivity index (χ4n) is 3.61. The summed E-state index contributed by atoms with van der Waals surface area (Å²) in [6.45, 7) is 6.57. The summed E-state index contributed by atoms with van der Waals surface area (Å²) in [5.41, 5.74) is 1.95. The van der Waals surface area contributed by atoms with Crippen molar-refractivity contribution in [1.29, 1.82) is 0 Å². The van der Waals surface area contributed by atoms with Gasteiger partial charge in [0, 0.05) is 34.9 Å². The van der Waals surface area contributed by atoms with Crippen molar-refractivity contribution in [2.45, 2.75) is 52.1 Å². The van der Waals surface area contributed by atoms with Crippen LogP contribution in [-0.4, -0.2) is 40.3 Å². The molecular formula is C20H26N4O2S. The molecule has 3 rings (SSSR count). The van der Waals surface area contributed by atoms with Crippen molar-refractivity contribution in [3.05, 3.63) is 40.9 Å². The third kappa shape index (κ3) is 4.73. The van der Waals surface area contributed by atoms with Crippen LogP contribution in [0, 0.1) is 6.92 Å². The Morgan fingerprint density at radius 1 is 1.22 bits per heavy atom. The third-order valence-electron chi connectivity index (χ3n) is 5.21. The van der Waals surface area contributed by atoms with E-state index >= 15 is 0 Å². The van der Waals surface area contributed by atoms with Crippen molar-refractivity contribution in [3.63, 3.8) is 0 Å². The molecule has 1 aromatic carbocycles. The normalized spacial score (nSPS) is 20.3. The topological polar surface area (TPSA) is 74.3 Å². The molecule has 7 heteroatoms. The van der Waals surface area contributed by atoms with Crippen LogP contribution >= 0.6 is 11.3 Å². The first kappa shape index (κ1) is 19.5. The van der Waals surface area contributed by atoms with E-state index in [1.165, 1.54) is 17.8 Å². The molecule has 1 fully saturated rings. The van der Waals surface area contributed by atoms with Crippen LogP contribution < -0.4 is 10.6 Å². The molecule has 1 saturated heterocycles. The molecule has 0 bridgehead atoms. The third-order valence-corrected chi connectivity index (χ3v) is 5.90. The fourth-order valence-corrected chi connectivity index (χ4v) is 4.13. The Labute approximate surface area is 164 Å². The summed E-state index contributed by atoms with van der Waals surface area (Å²) in [5.74, 6) is -0.270. The Hall–Kier alpha value is -2.25. The number of benzene rings is 1. The molecule has 0 spiro atoms. The van der Waals surface area contributed by atoms with E-state index in [0.717, 1.165) is 18.4 Å². The highest BCUT2D eigenvalue weighted by Crippen LogP contribution is 2.24. The van der Waals surface area contributed by atoms with Gasteiger partial charge in [-0.2, -0.15) is 0 Å². The van der Waals surface area contributed by atoms with Gasteiger partial charge in [-0.15, -0.1) is 11.3 Å². The van der Waals surface area contributed by atoms with Crippen LogP contribution in [0.1, 0.15) is 49.0 Å². The van der Waals surface area contributed by atoms with E-state index in [9.17, 15) is 9.59 Å². The number of aromatic nitrogens is 1. The van der Waals surface area contributed by atoms with Crippen LogP contribution in [0.4, 0.5) is 10.8 Å². The summed E-state index contributed by atoms with van der Waals surface area (Å²) in [7, 11) is 0. The van der Waals surface area contributed by atoms with Gasteiger partial charge in [0.15, 0.2) is 5.13 Å². The Kier molecular flexibility index (Phi) is 6.23. The monoisotopic (exact) mass is 386 g/mol. The first-order chi connectivity index (χ1) is 13.0. The summed E-state index contributed by atoms with van der Waals surface area (Å²) in [6, 6.07) is 6.19. The van der Waals surface area contributed by atoms with Gasteiger partial charge in [-0.3, -0.25) is 19.8 Å². The predicted octanol–water partition coefficient (Wildman–Crippen LogP) is 3.91. The molecule has 2 atom stereocenters. The maximum Gasteiger partial charge on any atom is 0.257 e. The lowest BCUT2D eigenvalue weighted by molar-refractivity contribution is -0.118. The smallest absolute Gasteiger partial charge is 0.257 e. The minimum Gasteiger partial charge on any atom is -0.325 e. The number of piperidine rings is 1. The van der Waals surface area contributed by atoms with E-state index in [1.54, 1.807) is 18.3 Å². The number of carbonyl (C=O) groups excluding carboxylic acids is 2. The summed E-state index contributed by atoms with van der Waals surface area (Å²) in [5, 5.41) is 8.13. The molecule has 2 N–H and O–H groups in total. The molecule has 2 aromatic rings. The number of hydrogen-bond acceptors (Lipinski definition) is 5. The van der Waals surface area contributed by atoms with Crippen molar-refractivity contribution >= 4 is 34.0 Å². The van der Waals surface area contributed by atoms with Gasteiger partial charge in [0.05, 0.1) is 6.54 Å². The zero-order chi connectivity index (χ0) is 19.4. The van der Waals surface area contributed by atoms with E-state index in [0.29, 0.717) is 35.0 Å². The number of nitrogens with zero attached hydrogens (tertiary/aromatic N) is 2. The number of amides is 2. The van der Waals surface area contributed by atoms with Crippen molar-refractivity contribution in [1.82, 2.24) is 9.88 Å². The van der Waals surface area contributed by atoms with Gasteiger partial charge < -0.3 is 5.32 Å². The molecular weight excluding hydrogens is 360 g/mol. The lowest BCUT2D eigenvalue weighted by Crippen LogP contribution is -2.47. The van der Waals surface area contributed by atoms with Crippen LogP contribution in [0.25, 0.3) is 0 Å². The molecule has 0 unspecified atom stereocenters. The quantitative estimate of drug-likeness (QED) is 0.817. The van der Waals surface area contributed by atoms with Gasteiger partial charge in [-0.1, -0.05) is 12.5 Å². The average Bonchev–Trinajstić information content (AvgIpc) is 3.13. The summed E-state index contributed by atoms with van der Waals surface area (Å²) in [4.78, 5) is 31.4. The number of thiazole rings is 1. The SMILES string of the molecule is Cc1c(NC(=O)CN2[C@H](C)CCC[C@@H]2C)cccc1C(=O)Nc1nccs1. The van der Waals surface area contributed by atoms with Gasteiger partial charge in [0.1, 0.15) is 0 Å². The molecule has 6 nitrogen and oxygen atoms in total. The van der Waals surface area contributed by atoms with Crippen LogP contribution in [0.5, 0.6) is 0 Å². The summed E-state index contributed by atoms with van der Waals surface area (Å²) in [6.07, 6.45) is 5.12. The second kappa shape index (κ2) is 8.63. The second-order valence-electron chi connectivity index (χ2n) is 7.12. The van der Waals surface area contributed by atoms with E-state index < -0.39 is 0 Å². The predicted molar refractivity (Wildman–Crippen MR) is 109 cm³/mol. The van der Waals surface area contributed by atoms with Gasteiger partial charge in [-0.05, 0) is 51.3 Å². The Bertz CT molecular complexity index is 796. The molecule has 1 aromatic heterocycles. The molecule has 0 saturated carbocycles. The Morgan fingerprint density at radius 3 is 2.63 bits per heavy atom. The molecule has 2 amide bonds. The van der Waals surface area contributed by atoms with E-state index in [4.69, 9.17) is 0 Å². The maximum absolute atomic E-state index is 12.6. The largest absolute Gasteiger partial charge is 0.325 e. The zero-order valence-electron chi connectivity index (χ0n) is 16.0. The van der Waals surface area contributed by atoms with E-state index in [1.807, 2.05) is 18.4 Å². The lowest BCUT2D eigenvalue weighted by atomic mass is 9.97. The minimum absolute atomic E-state index is 0.0452. The highest BCUT2D eigenvalue weighted by atomic mass is 32.1. The lowest BCUT2D eigenvalue weighted by Gasteiger charge is -2.38. The van der Waals surface area contributed by atoms with Gasteiger partial charge in [0.2, 0.25) is 5.91 Å². The molecule has 0 aliphatic carbocycles. The minimum atomic E-state index is -0.225. The Morgan fingerprint density at radius 2 is 1.96 bits per heavy atom. The van der Waals surface area contributed by atoms with Crippen LogP contribution in [-0.2, 0) is 4.79 Å². The van der Waals surface area contributed by atoms with Crippen molar-refractivity contribution in [2.75, 3.05) is 17.2 Å². The van der Waals surface area contributed by atoms with Gasteiger partial charge >= 0.3 is 0 Å². The maximum atomic E-state index is 12.6. The number of nitrogens with one attached hydrogen (secondary N) is 2. The van der Waals surface area contributed by atoms with E-state index in [-0.39, 0.29) is 11.8 Å². The molecule has 144 valence electrons. The number of rotatable bonds is 5. The second-order valence-corrected chi connectivity index (χ2v) is 8.01.